The van der Waals surface area contributed by atoms with Crippen molar-refractivity contribution in [1.29, 1.82) is 0 Å². The number of rotatable bonds is 2. The van der Waals surface area contributed by atoms with E-state index in [9.17, 15) is 9.18 Å². The largest absolute Gasteiger partial charge is 0.298 e. The molecule has 0 saturated heterocycles. The lowest BCUT2D eigenvalue weighted by Crippen LogP contribution is -1.91. The molecule has 0 saturated carbocycles. The van der Waals surface area contributed by atoms with Gasteiger partial charge in [-0.05, 0) is 18.2 Å². The predicted molar refractivity (Wildman–Crippen MR) is 66.7 cm³/mol. The van der Waals surface area contributed by atoms with Crippen LogP contribution in [0.5, 0.6) is 0 Å². The fourth-order valence-corrected chi connectivity index (χ4v) is 2.04. The summed E-state index contributed by atoms with van der Waals surface area (Å²) in [4.78, 5) is 11.0. The number of nitrogens with zero attached hydrogens (tertiary/aromatic N) is 2. The van der Waals surface area contributed by atoms with Gasteiger partial charge in [0, 0.05) is 17.1 Å². The van der Waals surface area contributed by atoms with Crippen LogP contribution in [0.3, 0.4) is 0 Å². The minimum atomic E-state index is -0.453. The van der Waals surface area contributed by atoms with Crippen molar-refractivity contribution in [1.82, 2.24) is 9.78 Å². The molecule has 17 heavy (non-hydrogen) atoms. The highest BCUT2D eigenvalue weighted by atomic mass is 79.9. The van der Waals surface area contributed by atoms with Crippen LogP contribution in [0.15, 0.2) is 22.7 Å². The first kappa shape index (κ1) is 12.3. The maximum absolute atomic E-state index is 13.7. The van der Waals surface area contributed by atoms with Crippen LogP contribution in [0.1, 0.15) is 10.4 Å². The van der Waals surface area contributed by atoms with Crippen LogP contribution in [-0.4, -0.2) is 16.1 Å². The topological polar surface area (TPSA) is 34.9 Å². The Morgan fingerprint density at radius 1 is 1.53 bits per heavy atom. The Balaban J connectivity index is 2.72. The van der Waals surface area contributed by atoms with E-state index in [0.717, 1.165) is 0 Å². The minimum Gasteiger partial charge on any atom is -0.298 e. The van der Waals surface area contributed by atoms with E-state index in [1.54, 1.807) is 19.2 Å². The first-order valence-electron chi connectivity index (χ1n) is 4.67. The van der Waals surface area contributed by atoms with Crippen LogP contribution < -0.4 is 0 Å². The molecule has 0 spiro atoms. The molecule has 0 radical (unpaired) electrons. The van der Waals surface area contributed by atoms with Gasteiger partial charge in [0.05, 0.1) is 5.56 Å². The second-order valence-electron chi connectivity index (χ2n) is 3.42. The van der Waals surface area contributed by atoms with Gasteiger partial charge in [-0.1, -0.05) is 27.5 Å². The van der Waals surface area contributed by atoms with Crippen molar-refractivity contribution in [3.63, 3.8) is 0 Å². The Kier molecular flexibility index (Phi) is 3.31. The van der Waals surface area contributed by atoms with Crippen LogP contribution >= 0.6 is 27.5 Å². The Labute approximate surface area is 110 Å². The van der Waals surface area contributed by atoms with Gasteiger partial charge in [-0.15, -0.1) is 0 Å². The summed E-state index contributed by atoms with van der Waals surface area (Å²) in [6.45, 7) is 0. The van der Waals surface area contributed by atoms with Gasteiger partial charge in [0.25, 0.3) is 0 Å². The molecule has 1 aromatic heterocycles. The molecule has 88 valence electrons. The smallest absolute Gasteiger partial charge is 0.155 e. The van der Waals surface area contributed by atoms with Crippen molar-refractivity contribution >= 4 is 33.8 Å². The van der Waals surface area contributed by atoms with Crippen molar-refractivity contribution < 1.29 is 9.18 Å². The molecule has 0 fully saturated rings. The molecular weight excluding hydrogens is 310 g/mol. The standard InChI is InChI=1S/C11H7BrClFN2O/c1-16-11(13)8(5-17)10(15-16)7-4-6(12)2-3-9(7)14/h2-5H,1H3. The molecule has 1 heterocycles. The first-order valence-corrected chi connectivity index (χ1v) is 5.84. The zero-order chi connectivity index (χ0) is 12.6. The number of hydrogen-bond donors (Lipinski definition) is 0. The molecule has 0 bridgehead atoms. The van der Waals surface area contributed by atoms with E-state index < -0.39 is 5.82 Å². The van der Waals surface area contributed by atoms with Crippen molar-refractivity contribution in [2.75, 3.05) is 0 Å². The number of aromatic nitrogens is 2. The molecule has 0 atom stereocenters. The van der Waals surface area contributed by atoms with Gasteiger partial charge < -0.3 is 0 Å². The number of aldehydes is 1. The summed E-state index contributed by atoms with van der Waals surface area (Å²) in [7, 11) is 1.59. The van der Waals surface area contributed by atoms with E-state index in [-0.39, 0.29) is 22.0 Å². The monoisotopic (exact) mass is 316 g/mol. The Hall–Kier alpha value is -1.20. The van der Waals surface area contributed by atoms with Gasteiger partial charge in [-0.25, -0.2) is 4.39 Å². The highest BCUT2D eigenvalue weighted by Gasteiger charge is 2.18. The Morgan fingerprint density at radius 3 is 2.88 bits per heavy atom. The van der Waals surface area contributed by atoms with Crippen LogP contribution in [0.25, 0.3) is 11.3 Å². The number of carbonyl (C=O) groups is 1. The number of benzene rings is 1. The third kappa shape index (κ3) is 2.12. The average molecular weight is 318 g/mol. The average Bonchev–Trinajstić information content (AvgIpc) is 2.58. The normalized spacial score (nSPS) is 10.6. The summed E-state index contributed by atoms with van der Waals surface area (Å²) in [5.41, 5.74) is 0.668. The van der Waals surface area contributed by atoms with Gasteiger partial charge in [-0.2, -0.15) is 5.10 Å². The highest BCUT2D eigenvalue weighted by Crippen LogP contribution is 2.30. The molecule has 0 aliphatic heterocycles. The highest BCUT2D eigenvalue weighted by molar-refractivity contribution is 9.10. The molecule has 3 nitrogen and oxygen atoms in total. The van der Waals surface area contributed by atoms with Crippen LogP contribution in [0, 0.1) is 5.82 Å². The summed E-state index contributed by atoms with van der Waals surface area (Å²) < 4.78 is 15.7. The minimum absolute atomic E-state index is 0.186. The number of halogens is 3. The van der Waals surface area contributed by atoms with E-state index in [1.807, 2.05) is 0 Å². The molecule has 0 N–H and O–H groups in total. The number of aryl methyl sites for hydroxylation is 1. The van der Waals surface area contributed by atoms with Crippen LogP contribution in [-0.2, 0) is 7.05 Å². The van der Waals surface area contributed by atoms with Crippen molar-refractivity contribution in [2.45, 2.75) is 0 Å². The maximum atomic E-state index is 13.7. The van der Waals surface area contributed by atoms with Crippen molar-refractivity contribution in [2.24, 2.45) is 7.05 Å². The van der Waals surface area contributed by atoms with Gasteiger partial charge in [-0.3, -0.25) is 9.48 Å². The van der Waals surface area contributed by atoms with Crippen LogP contribution in [0.2, 0.25) is 5.15 Å². The van der Waals surface area contributed by atoms with Crippen molar-refractivity contribution in [3.05, 3.63) is 39.2 Å². The Morgan fingerprint density at radius 2 is 2.24 bits per heavy atom. The van der Waals surface area contributed by atoms with Gasteiger partial charge in [0.15, 0.2) is 6.29 Å². The quantitative estimate of drug-likeness (QED) is 0.795. The third-order valence-corrected chi connectivity index (χ3v) is 3.25. The summed E-state index contributed by atoms with van der Waals surface area (Å²) in [5.74, 6) is -0.453. The summed E-state index contributed by atoms with van der Waals surface area (Å²) in [6, 6.07) is 4.43. The molecule has 0 unspecified atom stereocenters. The van der Waals surface area contributed by atoms with E-state index in [2.05, 4.69) is 21.0 Å². The SMILES string of the molecule is Cn1nc(-c2cc(Br)ccc2F)c(C=O)c1Cl. The van der Waals surface area contributed by atoms with Crippen LogP contribution in [0.4, 0.5) is 4.39 Å². The predicted octanol–water partition coefficient (Wildman–Crippen LogP) is 3.45. The van der Waals surface area contributed by atoms with E-state index in [0.29, 0.717) is 10.8 Å². The lowest BCUT2D eigenvalue weighted by molar-refractivity contribution is 0.112. The fourth-order valence-electron chi connectivity index (χ4n) is 1.50. The fraction of sp³-hybridized carbons (Fsp3) is 0.0909. The van der Waals surface area contributed by atoms with E-state index in [1.165, 1.54) is 10.7 Å². The molecule has 6 heteroatoms. The molecule has 2 aromatic rings. The second kappa shape index (κ2) is 4.58. The van der Waals surface area contributed by atoms with E-state index in [4.69, 9.17) is 11.6 Å². The van der Waals surface area contributed by atoms with Gasteiger partial charge >= 0.3 is 0 Å². The summed E-state index contributed by atoms with van der Waals surface area (Å²) in [6.07, 6.45) is 0.574. The molecule has 0 aliphatic carbocycles. The van der Waals surface area contributed by atoms with Crippen molar-refractivity contribution in [3.8, 4) is 11.3 Å². The molecule has 0 aliphatic rings. The second-order valence-corrected chi connectivity index (χ2v) is 4.69. The zero-order valence-corrected chi connectivity index (χ0v) is 11.1. The number of carbonyl (C=O) groups excluding carboxylic acids is 1. The number of hydrogen-bond acceptors (Lipinski definition) is 2. The molecule has 2 rings (SSSR count). The zero-order valence-electron chi connectivity index (χ0n) is 8.75. The van der Waals surface area contributed by atoms with Gasteiger partial charge in [0.2, 0.25) is 0 Å². The maximum Gasteiger partial charge on any atom is 0.155 e. The molecular formula is C11H7BrClFN2O. The lowest BCUT2D eigenvalue weighted by atomic mass is 10.1. The lowest BCUT2D eigenvalue weighted by Gasteiger charge is -2.01. The van der Waals surface area contributed by atoms with Gasteiger partial charge in [0.1, 0.15) is 16.7 Å². The first-order chi connectivity index (χ1) is 8.04. The summed E-state index contributed by atoms with van der Waals surface area (Å²) in [5, 5.41) is 4.24. The Bertz CT molecular complexity index is 597. The summed E-state index contributed by atoms with van der Waals surface area (Å²) >= 11 is 9.13. The van der Waals surface area contributed by atoms with E-state index >= 15 is 0 Å². The molecule has 0 amide bonds. The third-order valence-electron chi connectivity index (χ3n) is 2.31. The molecule has 1 aromatic carbocycles.